The van der Waals surface area contributed by atoms with Gasteiger partial charge in [-0.25, -0.2) is 8.42 Å². The standard InChI is InChI=1S/C21H29N3O4S/c1-5-23(15-18-9-7-6-8-10-18)21(25)19-16(2)20(17(3)22(19)4)29(26,27)24-11-13-28-14-12-24/h6-10H,5,11-15H2,1-4H3. The van der Waals surface area contributed by atoms with Crippen molar-refractivity contribution in [3.63, 3.8) is 0 Å². The van der Waals surface area contributed by atoms with Crippen molar-refractivity contribution >= 4 is 15.9 Å². The molecule has 1 saturated heterocycles. The maximum Gasteiger partial charge on any atom is 0.271 e. The number of hydrogen-bond acceptors (Lipinski definition) is 4. The third-order valence-corrected chi connectivity index (χ3v) is 7.68. The van der Waals surface area contributed by atoms with Gasteiger partial charge in [0.05, 0.1) is 13.2 Å². The molecule has 0 N–H and O–H groups in total. The van der Waals surface area contributed by atoms with Crippen molar-refractivity contribution in [1.29, 1.82) is 0 Å². The summed E-state index contributed by atoms with van der Waals surface area (Å²) in [5, 5.41) is 0. The predicted molar refractivity (Wildman–Crippen MR) is 111 cm³/mol. The molecule has 1 amide bonds. The molecule has 29 heavy (non-hydrogen) atoms. The normalized spacial score (nSPS) is 15.4. The van der Waals surface area contributed by atoms with Crippen LogP contribution in [-0.2, 0) is 28.4 Å². The molecule has 3 rings (SSSR count). The van der Waals surface area contributed by atoms with Crippen molar-refractivity contribution in [3.05, 3.63) is 52.8 Å². The fourth-order valence-corrected chi connectivity index (χ4v) is 5.71. The van der Waals surface area contributed by atoms with Crippen LogP contribution in [0.2, 0.25) is 0 Å². The highest BCUT2D eigenvalue weighted by atomic mass is 32.2. The highest BCUT2D eigenvalue weighted by molar-refractivity contribution is 7.89. The van der Waals surface area contributed by atoms with E-state index in [1.165, 1.54) is 4.31 Å². The van der Waals surface area contributed by atoms with Crippen LogP contribution in [-0.4, -0.2) is 60.9 Å². The van der Waals surface area contributed by atoms with Gasteiger partial charge < -0.3 is 14.2 Å². The number of hydrogen-bond donors (Lipinski definition) is 0. The lowest BCUT2D eigenvalue weighted by atomic mass is 10.2. The van der Waals surface area contributed by atoms with Gasteiger partial charge in [0.2, 0.25) is 10.0 Å². The summed E-state index contributed by atoms with van der Waals surface area (Å²) < 4.78 is 35.0. The Hall–Kier alpha value is -2.16. The molecule has 8 heteroatoms. The Balaban J connectivity index is 1.98. The molecule has 0 bridgehead atoms. The van der Waals surface area contributed by atoms with Crippen molar-refractivity contribution < 1.29 is 17.9 Å². The van der Waals surface area contributed by atoms with Gasteiger partial charge >= 0.3 is 0 Å². The van der Waals surface area contributed by atoms with Gasteiger partial charge in [-0.1, -0.05) is 30.3 Å². The topological polar surface area (TPSA) is 71.8 Å². The van der Waals surface area contributed by atoms with Crippen LogP contribution in [0.1, 0.15) is 34.2 Å². The molecule has 1 aromatic heterocycles. The molecule has 1 aromatic carbocycles. The lowest BCUT2D eigenvalue weighted by molar-refractivity contribution is 0.0729. The van der Waals surface area contributed by atoms with Crippen LogP contribution in [0.3, 0.4) is 0 Å². The highest BCUT2D eigenvalue weighted by Gasteiger charge is 2.34. The van der Waals surface area contributed by atoms with Crippen LogP contribution >= 0.6 is 0 Å². The van der Waals surface area contributed by atoms with Gasteiger partial charge in [0.1, 0.15) is 10.6 Å². The van der Waals surface area contributed by atoms with Crippen LogP contribution in [0.25, 0.3) is 0 Å². The molecule has 2 aromatic rings. The SMILES string of the molecule is CCN(Cc1ccccc1)C(=O)c1c(C)c(S(=O)(=O)N2CCOCC2)c(C)n1C. The van der Waals surface area contributed by atoms with Gasteiger partial charge in [0.15, 0.2) is 0 Å². The number of nitrogens with zero attached hydrogens (tertiary/aromatic N) is 3. The number of sulfonamides is 1. The van der Waals surface area contributed by atoms with E-state index in [2.05, 4.69) is 0 Å². The number of morpholine rings is 1. The number of benzene rings is 1. The minimum atomic E-state index is -3.69. The monoisotopic (exact) mass is 419 g/mol. The molecule has 1 aliphatic rings. The molecular weight excluding hydrogens is 390 g/mol. The number of carbonyl (C=O) groups is 1. The zero-order valence-electron chi connectivity index (χ0n) is 17.5. The first-order valence-corrected chi connectivity index (χ1v) is 11.3. The summed E-state index contributed by atoms with van der Waals surface area (Å²) >= 11 is 0. The van der Waals surface area contributed by atoms with Crippen LogP contribution in [0.15, 0.2) is 35.2 Å². The Morgan fingerprint density at radius 3 is 2.34 bits per heavy atom. The van der Waals surface area contributed by atoms with E-state index in [0.717, 1.165) is 5.56 Å². The second-order valence-electron chi connectivity index (χ2n) is 7.27. The first-order chi connectivity index (χ1) is 13.8. The highest BCUT2D eigenvalue weighted by Crippen LogP contribution is 2.30. The maximum atomic E-state index is 13.4. The summed E-state index contributed by atoms with van der Waals surface area (Å²) in [7, 11) is -1.93. The summed E-state index contributed by atoms with van der Waals surface area (Å²) in [6.07, 6.45) is 0. The number of carbonyl (C=O) groups excluding carboxylic acids is 1. The summed E-state index contributed by atoms with van der Waals surface area (Å²) in [4.78, 5) is 15.3. The molecule has 0 radical (unpaired) electrons. The molecule has 0 aliphatic carbocycles. The smallest absolute Gasteiger partial charge is 0.271 e. The van der Waals surface area contributed by atoms with Gasteiger partial charge in [-0.05, 0) is 26.3 Å². The van der Waals surface area contributed by atoms with E-state index >= 15 is 0 Å². The lowest BCUT2D eigenvalue weighted by Gasteiger charge is -2.26. The molecule has 158 valence electrons. The predicted octanol–water partition coefficient (Wildman–Crippen LogP) is 2.33. The maximum absolute atomic E-state index is 13.4. The Morgan fingerprint density at radius 2 is 1.76 bits per heavy atom. The number of aromatic nitrogens is 1. The van der Waals surface area contributed by atoms with Gasteiger partial charge in [-0.2, -0.15) is 4.31 Å². The quantitative estimate of drug-likeness (QED) is 0.720. The Bertz CT molecular complexity index is 977. The second-order valence-corrected chi connectivity index (χ2v) is 9.14. The Morgan fingerprint density at radius 1 is 1.14 bits per heavy atom. The first kappa shape index (κ1) is 21.5. The largest absolute Gasteiger partial charge is 0.379 e. The molecule has 0 unspecified atom stereocenters. The third-order valence-electron chi connectivity index (χ3n) is 5.52. The van der Waals surface area contributed by atoms with E-state index in [0.29, 0.717) is 56.3 Å². The number of ether oxygens (including phenoxy) is 1. The average molecular weight is 420 g/mol. The fraction of sp³-hybridized carbons (Fsp3) is 0.476. The van der Waals surface area contributed by atoms with E-state index in [-0.39, 0.29) is 10.8 Å². The molecule has 1 aliphatic heterocycles. The summed E-state index contributed by atoms with van der Waals surface area (Å²) in [5.74, 6) is -0.164. The first-order valence-electron chi connectivity index (χ1n) is 9.86. The lowest BCUT2D eigenvalue weighted by Crippen LogP contribution is -2.41. The van der Waals surface area contributed by atoms with Crippen LogP contribution < -0.4 is 0 Å². The zero-order chi connectivity index (χ0) is 21.2. The second kappa shape index (κ2) is 8.69. The number of amides is 1. The molecule has 2 heterocycles. The van der Waals surface area contributed by atoms with Crippen molar-refractivity contribution in [2.75, 3.05) is 32.8 Å². The Kier molecular flexibility index (Phi) is 6.45. The molecule has 1 fully saturated rings. The van der Waals surface area contributed by atoms with E-state index in [4.69, 9.17) is 4.74 Å². The van der Waals surface area contributed by atoms with Crippen LogP contribution in [0.4, 0.5) is 0 Å². The molecule has 0 atom stereocenters. The minimum Gasteiger partial charge on any atom is -0.379 e. The van der Waals surface area contributed by atoms with Crippen molar-refractivity contribution in [3.8, 4) is 0 Å². The summed E-state index contributed by atoms with van der Waals surface area (Å²) in [6.45, 7) is 7.84. The molecule has 0 saturated carbocycles. The van der Waals surface area contributed by atoms with Crippen molar-refractivity contribution in [1.82, 2.24) is 13.8 Å². The third kappa shape index (κ3) is 4.10. The fourth-order valence-electron chi connectivity index (χ4n) is 3.83. The van der Waals surface area contributed by atoms with Gasteiger partial charge in [0, 0.05) is 44.5 Å². The van der Waals surface area contributed by atoms with E-state index in [1.807, 2.05) is 37.3 Å². The van der Waals surface area contributed by atoms with E-state index in [1.54, 1.807) is 30.4 Å². The van der Waals surface area contributed by atoms with Gasteiger partial charge in [-0.3, -0.25) is 4.79 Å². The van der Waals surface area contributed by atoms with Crippen LogP contribution in [0.5, 0.6) is 0 Å². The summed E-state index contributed by atoms with van der Waals surface area (Å²) in [5.41, 5.74) is 2.54. The van der Waals surface area contributed by atoms with Crippen LogP contribution in [0, 0.1) is 13.8 Å². The van der Waals surface area contributed by atoms with Gasteiger partial charge in [-0.15, -0.1) is 0 Å². The van der Waals surface area contributed by atoms with Gasteiger partial charge in [0.25, 0.3) is 5.91 Å². The summed E-state index contributed by atoms with van der Waals surface area (Å²) in [6, 6.07) is 9.78. The molecule has 0 spiro atoms. The minimum absolute atomic E-state index is 0.164. The number of rotatable bonds is 6. The zero-order valence-corrected chi connectivity index (χ0v) is 18.3. The van der Waals surface area contributed by atoms with Crippen molar-refractivity contribution in [2.24, 2.45) is 7.05 Å². The average Bonchev–Trinajstić information content (AvgIpc) is 2.96. The molecule has 7 nitrogen and oxygen atoms in total. The van der Waals surface area contributed by atoms with E-state index < -0.39 is 10.0 Å². The van der Waals surface area contributed by atoms with E-state index in [9.17, 15) is 13.2 Å². The van der Waals surface area contributed by atoms with Crippen molar-refractivity contribution in [2.45, 2.75) is 32.2 Å². The molecular formula is C21H29N3O4S. The Labute approximate surface area is 172 Å².